The highest BCUT2D eigenvalue weighted by atomic mass is 16.4. The Morgan fingerprint density at radius 3 is 2.25 bits per heavy atom. The highest BCUT2D eigenvalue weighted by molar-refractivity contribution is 5.82. The van der Waals surface area contributed by atoms with E-state index in [0.717, 1.165) is 25.8 Å². The van der Waals surface area contributed by atoms with Crippen LogP contribution < -0.4 is 5.32 Å². The van der Waals surface area contributed by atoms with E-state index in [4.69, 9.17) is 5.11 Å². The van der Waals surface area contributed by atoms with Gasteiger partial charge in [-0.15, -0.1) is 0 Å². The molecule has 0 aromatic heterocycles. The number of aliphatic carboxylic acids is 1. The zero-order valence-electron chi connectivity index (χ0n) is 13.2. The molecule has 2 N–H and O–H groups in total. The van der Waals surface area contributed by atoms with Crippen LogP contribution in [0.15, 0.2) is 0 Å². The Balaban J connectivity index is 4.31. The summed E-state index contributed by atoms with van der Waals surface area (Å²) in [5.41, 5.74) is 0. The minimum atomic E-state index is -0.962. The number of unbranched alkanes of at least 4 members (excludes halogenated alkanes) is 1. The Morgan fingerprint density at radius 2 is 1.80 bits per heavy atom. The van der Waals surface area contributed by atoms with Gasteiger partial charge in [-0.1, -0.05) is 19.8 Å². The lowest BCUT2D eigenvalue weighted by atomic mass is 10.1. The quantitative estimate of drug-likeness (QED) is 0.640. The van der Waals surface area contributed by atoms with Crippen molar-refractivity contribution in [3.8, 4) is 0 Å². The van der Waals surface area contributed by atoms with Crippen LogP contribution in [0, 0.1) is 0 Å². The van der Waals surface area contributed by atoms with Crippen LogP contribution in [0.2, 0.25) is 0 Å². The van der Waals surface area contributed by atoms with Crippen LogP contribution in [-0.4, -0.2) is 66.7 Å². The van der Waals surface area contributed by atoms with E-state index in [1.54, 1.807) is 4.90 Å². The molecule has 0 rings (SSSR count). The van der Waals surface area contributed by atoms with Gasteiger partial charge in [-0.05, 0) is 40.4 Å². The van der Waals surface area contributed by atoms with Crippen molar-refractivity contribution in [2.24, 2.45) is 0 Å². The topological polar surface area (TPSA) is 72.9 Å². The van der Waals surface area contributed by atoms with Crippen molar-refractivity contribution < 1.29 is 14.7 Å². The predicted octanol–water partition coefficient (Wildman–Crippen LogP) is 1.61. The standard InChI is InChI=1S/C14H29N3O3/c1-5-7-9-12(13(18)19)15-14(20)17(6-2)11-8-10-16(3)4/h12H,5-11H2,1-4H3,(H,15,20)(H,18,19). The number of nitrogens with zero attached hydrogens (tertiary/aromatic N) is 2. The lowest BCUT2D eigenvalue weighted by molar-refractivity contribution is -0.139. The van der Waals surface area contributed by atoms with Crippen LogP contribution in [0.1, 0.15) is 39.5 Å². The van der Waals surface area contributed by atoms with Crippen LogP contribution in [0.3, 0.4) is 0 Å². The molecule has 6 nitrogen and oxygen atoms in total. The SMILES string of the molecule is CCCCC(NC(=O)N(CC)CCCN(C)C)C(=O)O. The summed E-state index contributed by atoms with van der Waals surface area (Å²) >= 11 is 0. The largest absolute Gasteiger partial charge is 0.480 e. The van der Waals surface area contributed by atoms with E-state index in [-0.39, 0.29) is 6.03 Å². The monoisotopic (exact) mass is 287 g/mol. The molecule has 2 amide bonds. The van der Waals surface area contributed by atoms with Gasteiger partial charge in [0.2, 0.25) is 0 Å². The number of rotatable bonds is 10. The molecule has 0 radical (unpaired) electrons. The molecule has 0 heterocycles. The number of carboxylic acids is 1. The van der Waals surface area contributed by atoms with Gasteiger partial charge < -0.3 is 20.2 Å². The van der Waals surface area contributed by atoms with Crippen LogP contribution in [0.25, 0.3) is 0 Å². The van der Waals surface area contributed by atoms with E-state index in [1.807, 2.05) is 27.9 Å². The Morgan fingerprint density at radius 1 is 1.15 bits per heavy atom. The first kappa shape index (κ1) is 18.7. The summed E-state index contributed by atoms with van der Waals surface area (Å²) in [7, 11) is 3.98. The van der Waals surface area contributed by atoms with Crippen molar-refractivity contribution in [1.82, 2.24) is 15.1 Å². The number of hydrogen-bond donors (Lipinski definition) is 2. The number of nitrogens with one attached hydrogen (secondary N) is 1. The molecule has 0 fully saturated rings. The summed E-state index contributed by atoms with van der Waals surface area (Å²) in [6.45, 7) is 6.03. The van der Waals surface area contributed by atoms with Gasteiger partial charge in [0.05, 0.1) is 0 Å². The van der Waals surface area contributed by atoms with E-state index in [1.165, 1.54) is 0 Å². The van der Waals surface area contributed by atoms with E-state index < -0.39 is 12.0 Å². The number of carbonyl (C=O) groups excluding carboxylic acids is 1. The Hall–Kier alpha value is -1.30. The molecular formula is C14H29N3O3. The molecule has 0 bridgehead atoms. The van der Waals surface area contributed by atoms with Crippen LogP contribution >= 0.6 is 0 Å². The summed E-state index contributed by atoms with van der Waals surface area (Å²) in [4.78, 5) is 26.9. The number of carboxylic acid groups (broad SMARTS) is 1. The summed E-state index contributed by atoms with van der Waals surface area (Å²) in [5.74, 6) is -0.962. The maximum atomic E-state index is 12.1. The van der Waals surface area contributed by atoms with E-state index >= 15 is 0 Å². The zero-order valence-corrected chi connectivity index (χ0v) is 13.2. The van der Waals surface area contributed by atoms with Crippen LogP contribution in [-0.2, 0) is 4.79 Å². The van der Waals surface area contributed by atoms with Gasteiger partial charge >= 0.3 is 12.0 Å². The molecule has 0 spiro atoms. The smallest absolute Gasteiger partial charge is 0.326 e. The summed E-state index contributed by atoms with van der Waals surface area (Å²) in [5, 5.41) is 11.7. The third-order valence-corrected chi connectivity index (χ3v) is 3.14. The Labute approximate surface area is 122 Å². The molecule has 20 heavy (non-hydrogen) atoms. The molecule has 6 heteroatoms. The highest BCUT2D eigenvalue weighted by Gasteiger charge is 2.21. The molecule has 0 aliphatic rings. The first-order valence-electron chi connectivity index (χ1n) is 7.35. The van der Waals surface area contributed by atoms with Gasteiger partial charge in [-0.3, -0.25) is 0 Å². The average molecular weight is 287 g/mol. The van der Waals surface area contributed by atoms with Gasteiger partial charge in [0, 0.05) is 13.1 Å². The molecule has 118 valence electrons. The number of urea groups is 1. The highest BCUT2D eigenvalue weighted by Crippen LogP contribution is 2.03. The van der Waals surface area contributed by atoms with Crippen molar-refractivity contribution >= 4 is 12.0 Å². The Bertz CT molecular complexity index is 295. The van der Waals surface area contributed by atoms with Crippen molar-refractivity contribution in [3.05, 3.63) is 0 Å². The fourth-order valence-corrected chi connectivity index (χ4v) is 1.89. The van der Waals surface area contributed by atoms with Gasteiger partial charge in [-0.25, -0.2) is 9.59 Å². The molecule has 1 atom stereocenters. The maximum Gasteiger partial charge on any atom is 0.326 e. The van der Waals surface area contributed by atoms with Crippen molar-refractivity contribution in [1.29, 1.82) is 0 Å². The lowest BCUT2D eigenvalue weighted by Crippen LogP contribution is -2.48. The minimum Gasteiger partial charge on any atom is -0.480 e. The number of hydrogen-bond acceptors (Lipinski definition) is 3. The molecule has 0 aromatic rings. The van der Waals surface area contributed by atoms with E-state index in [2.05, 4.69) is 10.2 Å². The Kier molecular flexibility index (Phi) is 9.80. The van der Waals surface area contributed by atoms with Crippen molar-refractivity contribution in [3.63, 3.8) is 0 Å². The van der Waals surface area contributed by atoms with Crippen LogP contribution in [0.5, 0.6) is 0 Å². The van der Waals surface area contributed by atoms with Gasteiger partial charge in [0.25, 0.3) is 0 Å². The first-order chi connectivity index (χ1) is 9.42. The normalized spacial score (nSPS) is 12.2. The summed E-state index contributed by atoms with van der Waals surface area (Å²) in [6, 6.07) is -1.07. The fourth-order valence-electron chi connectivity index (χ4n) is 1.89. The third-order valence-electron chi connectivity index (χ3n) is 3.14. The molecule has 0 aromatic carbocycles. The first-order valence-corrected chi connectivity index (χ1v) is 7.35. The number of amides is 2. The zero-order chi connectivity index (χ0) is 15.5. The molecule has 0 saturated heterocycles. The van der Waals surface area contributed by atoms with Crippen molar-refractivity contribution in [2.75, 3.05) is 33.7 Å². The molecule has 1 unspecified atom stereocenters. The van der Waals surface area contributed by atoms with E-state index in [9.17, 15) is 9.59 Å². The van der Waals surface area contributed by atoms with E-state index in [0.29, 0.717) is 19.5 Å². The maximum absolute atomic E-state index is 12.1. The van der Waals surface area contributed by atoms with Gasteiger partial charge in [0.15, 0.2) is 0 Å². The second kappa shape index (κ2) is 10.5. The lowest BCUT2D eigenvalue weighted by Gasteiger charge is -2.24. The average Bonchev–Trinajstić information content (AvgIpc) is 2.38. The summed E-state index contributed by atoms with van der Waals surface area (Å²) in [6.07, 6.45) is 3.07. The molecular weight excluding hydrogens is 258 g/mol. The third kappa shape index (κ3) is 7.99. The van der Waals surface area contributed by atoms with Crippen LogP contribution in [0.4, 0.5) is 4.79 Å². The van der Waals surface area contributed by atoms with Gasteiger partial charge in [0.1, 0.15) is 6.04 Å². The second-order valence-corrected chi connectivity index (χ2v) is 5.22. The summed E-state index contributed by atoms with van der Waals surface area (Å²) < 4.78 is 0. The second-order valence-electron chi connectivity index (χ2n) is 5.22. The molecule has 0 aliphatic heterocycles. The minimum absolute atomic E-state index is 0.283. The molecule has 0 saturated carbocycles. The number of carbonyl (C=O) groups is 2. The fraction of sp³-hybridized carbons (Fsp3) is 0.857. The predicted molar refractivity (Wildman–Crippen MR) is 79.9 cm³/mol. The van der Waals surface area contributed by atoms with Gasteiger partial charge in [-0.2, -0.15) is 0 Å². The molecule has 0 aliphatic carbocycles. The van der Waals surface area contributed by atoms with Crippen molar-refractivity contribution in [2.45, 2.75) is 45.6 Å².